The Morgan fingerprint density at radius 2 is 2.10 bits per heavy atom. The third-order valence-corrected chi connectivity index (χ3v) is 4.83. The van der Waals surface area contributed by atoms with Crippen LogP contribution in [0.1, 0.15) is 78.1 Å². The summed E-state index contributed by atoms with van der Waals surface area (Å²) in [5.41, 5.74) is -0.728. The molecule has 3 atom stereocenters. The lowest BCUT2D eigenvalue weighted by molar-refractivity contribution is -0.145. The number of carboxylic acids is 1. The molecule has 0 aliphatic heterocycles. The molecule has 3 unspecified atom stereocenters. The van der Waals surface area contributed by atoms with Crippen LogP contribution in [0.2, 0.25) is 0 Å². The van der Waals surface area contributed by atoms with Gasteiger partial charge in [-0.3, -0.25) is 10.1 Å². The van der Waals surface area contributed by atoms with Gasteiger partial charge in [-0.1, -0.05) is 32.6 Å². The monoisotopic (exact) mass is 297 g/mol. The van der Waals surface area contributed by atoms with Crippen LogP contribution in [0, 0.1) is 0 Å². The lowest BCUT2D eigenvalue weighted by Crippen LogP contribution is -2.51. The smallest absolute Gasteiger partial charge is 0.324 e. The van der Waals surface area contributed by atoms with Crippen LogP contribution < -0.4 is 5.32 Å². The van der Waals surface area contributed by atoms with Crippen LogP contribution in [0.15, 0.2) is 0 Å². The maximum Gasteiger partial charge on any atom is 0.324 e. The molecule has 2 saturated carbocycles. The van der Waals surface area contributed by atoms with E-state index < -0.39 is 11.5 Å². The minimum absolute atomic E-state index is 0.105. The lowest BCUT2D eigenvalue weighted by Gasteiger charge is -2.26. The van der Waals surface area contributed by atoms with Crippen molar-refractivity contribution in [3.63, 3.8) is 0 Å². The van der Waals surface area contributed by atoms with Crippen LogP contribution in [0.4, 0.5) is 0 Å². The summed E-state index contributed by atoms with van der Waals surface area (Å²) in [7, 11) is 0. The molecule has 2 fully saturated rings. The molecule has 0 aromatic heterocycles. The van der Waals surface area contributed by atoms with Crippen molar-refractivity contribution in [3.8, 4) is 0 Å². The van der Waals surface area contributed by atoms with E-state index in [1.807, 2.05) is 0 Å². The first-order valence-electron chi connectivity index (χ1n) is 8.72. The molecule has 0 radical (unpaired) electrons. The maximum absolute atomic E-state index is 11.6. The Morgan fingerprint density at radius 3 is 2.71 bits per heavy atom. The van der Waals surface area contributed by atoms with Crippen molar-refractivity contribution < 1.29 is 14.6 Å². The molecular weight excluding hydrogens is 266 g/mol. The zero-order valence-corrected chi connectivity index (χ0v) is 13.6. The van der Waals surface area contributed by atoms with E-state index in [2.05, 4.69) is 19.2 Å². The second kappa shape index (κ2) is 7.59. The highest BCUT2D eigenvalue weighted by atomic mass is 16.5. The van der Waals surface area contributed by atoms with Crippen molar-refractivity contribution in [2.24, 2.45) is 0 Å². The fourth-order valence-corrected chi connectivity index (χ4v) is 3.38. The largest absolute Gasteiger partial charge is 0.480 e. The van der Waals surface area contributed by atoms with Gasteiger partial charge in [-0.25, -0.2) is 0 Å². The highest BCUT2D eigenvalue weighted by Gasteiger charge is 2.48. The standard InChI is InChI=1S/C17H31NO3/c1-3-4-5-6-7-13(2)21-15-10-11-17(12-15,16(19)20)18-14-8-9-14/h13-15,18H,3-12H2,1-2H3,(H,19,20). The predicted octanol–water partition coefficient (Wildman–Crippen LogP) is 3.49. The fraction of sp³-hybridized carbons (Fsp3) is 0.941. The van der Waals surface area contributed by atoms with Gasteiger partial charge in [0.1, 0.15) is 5.54 Å². The molecule has 2 rings (SSSR count). The number of carboxylic acid groups (broad SMARTS) is 1. The number of carbonyl (C=O) groups is 1. The Morgan fingerprint density at radius 1 is 1.33 bits per heavy atom. The van der Waals surface area contributed by atoms with Crippen molar-refractivity contribution >= 4 is 5.97 Å². The van der Waals surface area contributed by atoms with E-state index in [1.54, 1.807) is 0 Å². The predicted molar refractivity (Wildman–Crippen MR) is 83.5 cm³/mol. The molecule has 2 aliphatic rings. The Hall–Kier alpha value is -0.610. The second-order valence-corrected chi connectivity index (χ2v) is 6.97. The average Bonchev–Trinajstić information content (AvgIpc) is 3.15. The van der Waals surface area contributed by atoms with E-state index in [0.717, 1.165) is 25.7 Å². The molecule has 0 aromatic carbocycles. The highest BCUT2D eigenvalue weighted by Crippen LogP contribution is 2.36. The Bertz CT molecular complexity index is 343. The summed E-state index contributed by atoms with van der Waals surface area (Å²) in [6.45, 7) is 4.35. The second-order valence-electron chi connectivity index (χ2n) is 6.97. The number of hydrogen-bond acceptors (Lipinski definition) is 3. The molecule has 0 saturated heterocycles. The number of unbranched alkanes of at least 4 members (excludes halogenated alkanes) is 3. The number of rotatable bonds is 10. The zero-order valence-electron chi connectivity index (χ0n) is 13.6. The highest BCUT2D eigenvalue weighted by molar-refractivity contribution is 5.79. The van der Waals surface area contributed by atoms with E-state index in [0.29, 0.717) is 18.9 Å². The molecule has 0 heterocycles. The topological polar surface area (TPSA) is 58.6 Å². The summed E-state index contributed by atoms with van der Waals surface area (Å²) in [6.07, 6.45) is 10.9. The first-order valence-corrected chi connectivity index (χ1v) is 8.72. The van der Waals surface area contributed by atoms with Crippen molar-refractivity contribution in [1.82, 2.24) is 5.32 Å². The van der Waals surface area contributed by atoms with Gasteiger partial charge in [0.2, 0.25) is 0 Å². The summed E-state index contributed by atoms with van der Waals surface area (Å²) in [4.78, 5) is 11.6. The Kier molecular flexibility index (Phi) is 6.06. The van der Waals surface area contributed by atoms with Gasteiger partial charge in [0, 0.05) is 12.5 Å². The van der Waals surface area contributed by atoms with Gasteiger partial charge in [0.05, 0.1) is 12.2 Å². The van der Waals surface area contributed by atoms with Crippen LogP contribution in [0.5, 0.6) is 0 Å². The summed E-state index contributed by atoms with van der Waals surface area (Å²) >= 11 is 0. The van der Waals surface area contributed by atoms with Gasteiger partial charge in [-0.05, 0) is 39.0 Å². The van der Waals surface area contributed by atoms with Gasteiger partial charge in [-0.2, -0.15) is 0 Å². The van der Waals surface area contributed by atoms with E-state index in [9.17, 15) is 9.90 Å². The summed E-state index contributed by atoms with van der Waals surface area (Å²) in [5, 5.41) is 12.9. The third-order valence-electron chi connectivity index (χ3n) is 4.83. The normalized spacial score (nSPS) is 30.5. The minimum Gasteiger partial charge on any atom is -0.480 e. The van der Waals surface area contributed by atoms with Gasteiger partial charge < -0.3 is 9.84 Å². The summed E-state index contributed by atoms with van der Waals surface area (Å²) in [6, 6.07) is 0.423. The molecule has 0 bridgehead atoms. The first kappa shape index (κ1) is 16.8. The van der Waals surface area contributed by atoms with Gasteiger partial charge in [-0.15, -0.1) is 0 Å². The van der Waals surface area contributed by atoms with E-state index >= 15 is 0 Å². The SMILES string of the molecule is CCCCCCC(C)OC1CCC(NC2CC2)(C(=O)O)C1. The zero-order chi connectivity index (χ0) is 15.3. The maximum atomic E-state index is 11.6. The Labute approximate surface area is 128 Å². The third kappa shape index (κ3) is 4.96. The Balaban J connectivity index is 1.73. The minimum atomic E-state index is -0.728. The molecule has 4 nitrogen and oxygen atoms in total. The molecule has 21 heavy (non-hydrogen) atoms. The van der Waals surface area contributed by atoms with E-state index in [1.165, 1.54) is 25.7 Å². The number of hydrogen-bond donors (Lipinski definition) is 2. The molecule has 0 spiro atoms. The molecule has 0 amide bonds. The van der Waals surface area contributed by atoms with E-state index in [4.69, 9.17) is 4.74 Å². The van der Waals surface area contributed by atoms with Gasteiger partial charge in [0.15, 0.2) is 0 Å². The van der Waals surface area contributed by atoms with Crippen LogP contribution in [0.25, 0.3) is 0 Å². The van der Waals surface area contributed by atoms with Crippen molar-refractivity contribution in [2.45, 2.75) is 102 Å². The average molecular weight is 297 g/mol. The van der Waals surface area contributed by atoms with Crippen LogP contribution in [-0.4, -0.2) is 34.9 Å². The van der Waals surface area contributed by atoms with Crippen LogP contribution >= 0.6 is 0 Å². The number of nitrogens with one attached hydrogen (secondary N) is 1. The van der Waals surface area contributed by atoms with Gasteiger partial charge >= 0.3 is 5.97 Å². The number of ether oxygens (including phenoxy) is 1. The number of aliphatic carboxylic acids is 1. The van der Waals surface area contributed by atoms with Crippen LogP contribution in [-0.2, 0) is 9.53 Å². The summed E-state index contributed by atoms with van der Waals surface area (Å²) < 4.78 is 6.10. The van der Waals surface area contributed by atoms with Gasteiger partial charge in [0.25, 0.3) is 0 Å². The molecule has 2 aliphatic carbocycles. The lowest BCUT2D eigenvalue weighted by atomic mass is 9.97. The summed E-state index contributed by atoms with van der Waals surface area (Å²) in [5.74, 6) is -0.698. The van der Waals surface area contributed by atoms with Crippen LogP contribution in [0.3, 0.4) is 0 Å². The molecule has 0 aromatic rings. The van der Waals surface area contributed by atoms with Crippen molar-refractivity contribution in [1.29, 1.82) is 0 Å². The quantitative estimate of drug-likeness (QED) is 0.606. The fourth-order valence-electron chi connectivity index (χ4n) is 3.38. The van der Waals surface area contributed by atoms with Crippen molar-refractivity contribution in [2.75, 3.05) is 0 Å². The van der Waals surface area contributed by atoms with Crippen molar-refractivity contribution in [3.05, 3.63) is 0 Å². The first-order chi connectivity index (χ1) is 10.1. The molecule has 122 valence electrons. The molecular formula is C17H31NO3. The van der Waals surface area contributed by atoms with E-state index in [-0.39, 0.29) is 12.2 Å². The molecule has 2 N–H and O–H groups in total. The molecule has 4 heteroatoms.